The molecular formula is C9H12N4O. The Morgan fingerprint density at radius 3 is 3.07 bits per heavy atom. The molecule has 2 heterocycles. The minimum absolute atomic E-state index is 0.600. The van der Waals surface area contributed by atoms with Crippen LogP contribution in [0.5, 0.6) is 0 Å². The van der Waals surface area contributed by atoms with Crippen LogP contribution in [0.4, 0.5) is 0 Å². The first-order valence-corrected chi connectivity index (χ1v) is 4.46. The summed E-state index contributed by atoms with van der Waals surface area (Å²) in [5.74, 6) is 1.29. The van der Waals surface area contributed by atoms with E-state index < -0.39 is 0 Å². The Balaban J connectivity index is 1.78. The molecule has 0 aliphatic heterocycles. The topological polar surface area (TPSA) is 66.7 Å². The molecule has 0 atom stereocenters. The van der Waals surface area contributed by atoms with Crippen LogP contribution in [0.3, 0.4) is 0 Å². The summed E-state index contributed by atoms with van der Waals surface area (Å²) in [6, 6.07) is 2.02. The molecule has 2 aromatic rings. The highest BCUT2D eigenvalue weighted by Gasteiger charge is 2.00. The van der Waals surface area contributed by atoms with E-state index in [-0.39, 0.29) is 0 Å². The molecule has 0 aliphatic rings. The summed E-state index contributed by atoms with van der Waals surface area (Å²) in [4.78, 5) is 7.07. The highest BCUT2D eigenvalue weighted by molar-refractivity contribution is 5.07. The van der Waals surface area contributed by atoms with Crippen molar-refractivity contribution in [2.75, 3.05) is 0 Å². The summed E-state index contributed by atoms with van der Waals surface area (Å²) in [7, 11) is 0. The Labute approximate surface area is 81.5 Å². The summed E-state index contributed by atoms with van der Waals surface area (Å²) < 4.78 is 4.84. The fourth-order valence-electron chi connectivity index (χ4n) is 1.20. The molecule has 74 valence electrons. The second kappa shape index (κ2) is 4.06. The summed E-state index contributed by atoms with van der Waals surface area (Å²) in [5.41, 5.74) is 1.21. The van der Waals surface area contributed by atoms with Gasteiger partial charge in [0.1, 0.15) is 0 Å². The lowest BCUT2D eigenvalue weighted by atomic mass is 10.3. The van der Waals surface area contributed by atoms with Crippen molar-refractivity contribution in [2.45, 2.75) is 20.0 Å². The van der Waals surface area contributed by atoms with Gasteiger partial charge in [0.15, 0.2) is 5.82 Å². The lowest BCUT2D eigenvalue weighted by Crippen LogP contribution is -2.13. The van der Waals surface area contributed by atoms with Crippen LogP contribution in [0.25, 0.3) is 0 Å². The molecule has 0 fully saturated rings. The van der Waals surface area contributed by atoms with Crippen LogP contribution in [0.15, 0.2) is 23.0 Å². The van der Waals surface area contributed by atoms with Crippen LogP contribution in [-0.4, -0.2) is 15.1 Å². The Bertz CT molecular complexity index is 379. The zero-order chi connectivity index (χ0) is 9.80. The van der Waals surface area contributed by atoms with Gasteiger partial charge in [-0.25, -0.2) is 0 Å². The number of nitrogens with one attached hydrogen (secondary N) is 2. The maximum Gasteiger partial charge on any atom is 0.223 e. The normalized spacial score (nSPS) is 10.6. The maximum absolute atomic E-state index is 4.84. The Kier molecular flexibility index (Phi) is 2.60. The highest BCUT2D eigenvalue weighted by Crippen LogP contribution is 1.97. The van der Waals surface area contributed by atoms with Crippen molar-refractivity contribution in [3.8, 4) is 0 Å². The van der Waals surface area contributed by atoms with Crippen molar-refractivity contribution in [3.63, 3.8) is 0 Å². The van der Waals surface area contributed by atoms with Gasteiger partial charge in [0, 0.05) is 25.9 Å². The predicted molar refractivity (Wildman–Crippen MR) is 50.4 cm³/mol. The van der Waals surface area contributed by atoms with E-state index in [9.17, 15) is 0 Å². The summed E-state index contributed by atoms with van der Waals surface area (Å²) >= 11 is 0. The second-order valence-electron chi connectivity index (χ2n) is 3.05. The quantitative estimate of drug-likeness (QED) is 0.758. The van der Waals surface area contributed by atoms with Crippen LogP contribution >= 0.6 is 0 Å². The molecule has 0 amide bonds. The highest BCUT2D eigenvalue weighted by atomic mass is 16.5. The first-order chi connectivity index (χ1) is 6.84. The van der Waals surface area contributed by atoms with Crippen LogP contribution in [0.2, 0.25) is 0 Å². The number of nitrogens with zero attached hydrogens (tertiary/aromatic N) is 2. The van der Waals surface area contributed by atoms with Gasteiger partial charge in [-0.05, 0) is 11.6 Å². The SMILES string of the molecule is Cc1nc(CNCc2cc[nH]c2)no1. The van der Waals surface area contributed by atoms with Gasteiger partial charge >= 0.3 is 0 Å². The molecule has 0 aliphatic carbocycles. The first kappa shape index (κ1) is 8.96. The molecule has 0 aromatic carbocycles. The van der Waals surface area contributed by atoms with Crippen LogP contribution in [0.1, 0.15) is 17.3 Å². The number of aryl methyl sites for hydroxylation is 1. The molecule has 0 unspecified atom stereocenters. The number of hydrogen-bond acceptors (Lipinski definition) is 4. The van der Waals surface area contributed by atoms with Crippen molar-refractivity contribution in [1.82, 2.24) is 20.4 Å². The van der Waals surface area contributed by atoms with E-state index in [0.717, 1.165) is 6.54 Å². The second-order valence-corrected chi connectivity index (χ2v) is 3.05. The fourth-order valence-corrected chi connectivity index (χ4v) is 1.20. The van der Waals surface area contributed by atoms with Gasteiger partial charge in [0.25, 0.3) is 0 Å². The summed E-state index contributed by atoms with van der Waals surface area (Å²) in [6.45, 7) is 3.21. The van der Waals surface area contributed by atoms with E-state index in [4.69, 9.17) is 4.52 Å². The van der Waals surface area contributed by atoms with Gasteiger partial charge in [-0.2, -0.15) is 4.98 Å². The van der Waals surface area contributed by atoms with Crippen LogP contribution < -0.4 is 5.32 Å². The Morgan fingerprint density at radius 1 is 1.50 bits per heavy atom. The van der Waals surface area contributed by atoms with Crippen molar-refractivity contribution in [3.05, 3.63) is 35.7 Å². The van der Waals surface area contributed by atoms with Crippen molar-refractivity contribution < 1.29 is 4.52 Å². The molecule has 0 bridgehead atoms. The van der Waals surface area contributed by atoms with Gasteiger partial charge in [0.05, 0.1) is 6.54 Å². The minimum Gasteiger partial charge on any atom is -0.367 e. The molecule has 0 saturated carbocycles. The van der Waals surface area contributed by atoms with E-state index in [1.807, 2.05) is 18.5 Å². The largest absolute Gasteiger partial charge is 0.367 e. The van der Waals surface area contributed by atoms with E-state index in [2.05, 4.69) is 20.4 Å². The fraction of sp³-hybridized carbons (Fsp3) is 0.333. The maximum atomic E-state index is 4.84. The molecule has 2 aromatic heterocycles. The van der Waals surface area contributed by atoms with Gasteiger partial charge in [0.2, 0.25) is 5.89 Å². The third-order valence-electron chi connectivity index (χ3n) is 1.84. The van der Waals surface area contributed by atoms with Crippen LogP contribution in [0, 0.1) is 6.92 Å². The predicted octanol–water partition coefficient (Wildman–Crippen LogP) is 0.996. The van der Waals surface area contributed by atoms with Crippen molar-refractivity contribution in [2.24, 2.45) is 0 Å². The summed E-state index contributed by atoms with van der Waals surface area (Å²) in [5, 5.41) is 6.99. The molecule has 5 nitrogen and oxygen atoms in total. The third kappa shape index (κ3) is 2.20. The lowest BCUT2D eigenvalue weighted by Gasteiger charge is -1.97. The lowest BCUT2D eigenvalue weighted by molar-refractivity contribution is 0.385. The van der Waals surface area contributed by atoms with E-state index in [0.29, 0.717) is 18.3 Å². The number of rotatable bonds is 4. The molecule has 2 rings (SSSR count). The molecular weight excluding hydrogens is 180 g/mol. The minimum atomic E-state index is 0.600. The smallest absolute Gasteiger partial charge is 0.223 e. The number of H-pyrrole nitrogens is 1. The first-order valence-electron chi connectivity index (χ1n) is 4.46. The van der Waals surface area contributed by atoms with E-state index in [1.54, 1.807) is 6.92 Å². The number of aromatic amines is 1. The Morgan fingerprint density at radius 2 is 2.43 bits per heavy atom. The number of hydrogen-bond donors (Lipinski definition) is 2. The van der Waals surface area contributed by atoms with Gasteiger partial charge in [-0.15, -0.1) is 0 Å². The van der Waals surface area contributed by atoms with E-state index in [1.165, 1.54) is 5.56 Å². The van der Waals surface area contributed by atoms with Gasteiger partial charge in [-0.1, -0.05) is 5.16 Å². The number of aromatic nitrogens is 3. The monoisotopic (exact) mass is 192 g/mol. The van der Waals surface area contributed by atoms with Crippen LogP contribution in [-0.2, 0) is 13.1 Å². The molecule has 5 heteroatoms. The van der Waals surface area contributed by atoms with E-state index >= 15 is 0 Å². The summed E-state index contributed by atoms with van der Waals surface area (Å²) in [6.07, 6.45) is 3.85. The average Bonchev–Trinajstić information content (AvgIpc) is 2.77. The molecule has 0 spiro atoms. The zero-order valence-electron chi connectivity index (χ0n) is 7.95. The standard InChI is InChI=1S/C9H12N4O/c1-7-12-9(13-14-7)6-11-5-8-2-3-10-4-8/h2-4,10-11H,5-6H2,1H3. The zero-order valence-corrected chi connectivity index (χ0v) is 7.95. The molecule has 14 heavy (non-hydrogen) atoms. The van der Waals surface area contributed by atoms with Crippen molar-refractivity contribution >= 4 is 0 Å². The van der Waals surface area contributed by atoms with Gasteiger partial charge in [-0.3, -0.25) is 0 Å². The van der Waals surface area contributed by atoms with Gasteiger partial charge < -0.3 is 14.8 Å². The average molecular weight is 192 g/mol. The van der Waals surface area contributed by atoms with Crippen molar-refractivity contribution in [1.29, 1.82) is 0 Å². The molecule has 2 N–H and O–H groups in total. The molecule has 0 radical (unpaired) electrons. The Hall–Kier alpha value is -1.62. The molecule has 0 saturated heterocycles. The third-order valence-corrected chi connectivity index (χ3v) is 1.84.